The van der Waals surface area contributed by atoms with E-state index in [-0.39, 0.29) is 11.0 Å². The highest BCUT2D eigenvalue weighted by molar-refractivity contribution is 7.80. The molecule has 0 aliphatic heterocycles. The maximum atomic E-state index is 12.2. The van der Waals surface area contributed by atoms with Gasteiger partial charge >= 0.3 is 0 Å². The van der Waals surface area contributed by atoms with Crippen LogP contribution in [0, 0.1) is 6.92 Å². The van der Waals surface area contributed by atoms with Gasteiger partial charge in [0.1, 0.15) is 5.52 Å². The van der Waals surface area contributed by atoms with Crippen LogP contribution < -0.4 is 10.6 Å². The molecule has 0 aliphatic rings. The number of nitrogens with one attached hydrogen (secondary N) is 2. The Morgan fingerprint density at radius 2 is 1.90 bits per heavy atom. The van der Waals surface area contributed by atoms with Gasteiger partial charge in [-0.2, -0.15) is 0 Å². The van der Waals surface area contributed by atoms with Crippen molar-refractivity contribution >= 4 is 57.7 Å². The minimum atomic E-state index is -0.314. The summed E-state index contributed by atoms with van der Waals surface area (Å²) in [6.07, 6.45) is 3.17. The second kappa shape index (κ2) is 9.12. The smallest absolute Gasteiger partial charge is 0.250 e. The van der Waals surface area contributed by atoms with Gasteiger partial charge in [0.05, 0.1) is 0 Å². The van der Waals surface area contributed by atoms with Crippen molar-refractivity contribution < 1.29 is 9.21 Å². The number of carbonyl (C=O) groups excluding carboxylic acids is 1. The first kappa shape index (κ1) is 20.8. The molecule has 1 amide bonds. The first-order valence-corrected chi connectivity index (χ1v) is 10.3. The highest BCUT2D eigenvalue weighted by atomic mass is 35.5. The van der Waals surface area contributed by atoms with E-state index >= 15 is 0 Å². The minimum Gasteiger partial charge on any atom is -0.436 e. The van der Waals surface area contributed by atoms with Crippen molar-refractivity contribution in [3.05, 3.63) is 89.0 Å². The fraction of sp³-hybridized carbons (Fsp3) is 0.0417. The molecule has 0 saturated carbocycles. The Hall–Kier alpha value is -3.48. The van der Waals surface area contributed by atoms with E-state index in [1.165, 1.54) is 6.08 Å². The van der Waals surface area contributed by atoms with Crippen molar-refractivity contribution in [2.24, 2.45) is 0 Å². The summed E-state index contributed by atoms with van der Waals surface area (Å²) < 4.78 is 5.88. The van der Waals surface area contributed by atoms with E-state index in [2.05, 4.69) is 15.6 Å². The Balaban J connectivity index is 1.48. The first-order valence-electron chi connectivity index (χ1n) is 9.51. The molecule has 4 aromatic rings. The van der Waals surface area contributed by atoms with Crippen LogP contribution in [0.3, 0.4) is 0 Å². The van der Waals surface area contributed by atoms with E-state index in [0.717, 1.165) is 22.4 Å². The zero-order chi connectivity index (χ0) is 21.8. The summed E-state index contributed by atoms with van der Waals surface area (Å²) in [5.74, 6) is 0.171. The van der Waals surface area contributed by atoms with E-state index in [1.807, 2.05) is 55.5 Å². The predicted molar refractivity (Wildman–Crippen MR) is 129 cm³/mol. The molecule has 0 atom stereocenters. The lowest BCUT2D eigenvalue weighted by atomic mass is 10.1. The van der Waals surface area contributed by atoms with Crippen LogP contribution in [0.2, 0.25) is 5.02 Å². The number of hydrogen-bond acceptors (Lipinski definition) is 4. The molecule has 154 valence electrons. The zero-order valence-electron chi connectivity index (χ0n) is 16.6. The van der Waals surface area contributed by atoms with Gasteiger partial charge in [0.25, 0.3) is 0 Å². The van der Waals surface area contributed by atoms with Crippen molar-refractivity contribution in [3.8, 4) is 11.5 Å². The number of oxazole rings is 1. The predicted octanol–water partition coefficient (Wildman–Crippen LogP) is 5.98. The van der Waals surface area contributed by atoms with Crippen LogP contribution in [0.1, 0.15) is 11.1 Å². The molecule has 0 fully saturated rings. The van der Waals surface area contributed by atoms with Gasteiger partial charge in [0.2, 0.25) is 11.8 Å². The van der Waals surface area contributed by atoms with Crippen LogP contribution in [-0.4, -0.2) is 16.0 Å². The molecular weight excluding hydrogens is 430 g/mol. The summed E-state index contributed by atoms with van der Waals surface area (Å²) >= 11 is 11.3. The fourth-order valence-electron chi connectivity index (χ4n) is 3.06. The van der Waals surface area contributed by atoms with Gasteiger partial charge in [-0.25, -0.2) is 4.98 Å². The maximum Gasteiger partial charge on any atom is 0.250 e. The van der Waals surface area contributed by atoms with Crippen LogP contribution in [0.25, 0.3) is 28.6 Å². The van der Waals surface area contributed by atoms with Gasteiger partial charge in [0.15, 0.2) is 10.7 Å². The summed E-state index contributed by atoms with van der Waals surface area (Å²) in [6, 6.07) is 20.5. The molecule has 0 aliphatic carbocycles. The molecule has 31 heavy (non-hydrogen) atoms. The zero-order valence-corrected chi connectivity index (χ0v) is 18.1. The summed E-state index contributed by atoms with van der Waals surface area (Å²) in [7, 11) is 0. The van der Waals surface area contributed by atoms with Crippen molar-refractivity contribution in [2.75, 3.05) is 5.32 Å². The van der Waals surface area contributed by atoms with Gasteiger partial charge < -0.3 is 9.73 Å². The van der Waals surface area contributed by atoms with E-state index in [4.69, 9.17) is 28.2 Å². The largest absolute Gasteiger partial charge is 0.436 e. The average molecular weight is 448 g/mol. The lowest BCUT2D eigenvalue weighted by Gasteiger charge is -2.12. The molecule has 1 aromatic heterocycles. The number of rotatable bonds is 4. The molecule has 0 unspecified atom stereocenters. The van der Waals surface area contributed by atoms with Crippen molar-refractivity contribution in [3.63, 3.8) is 0 Å². The molecule has 7 heteroatoms. The van der Waals surface area contributed by atoms with Gasteiger partial charge in [-0.1, -0.05) is 48.0 Å². The van der Waals surface area contributed by atoms with E-state index in [9.17, 15) is 4.79 Å². The van der Waals surface area contributed by atoms with Crippen LogP contribution in [0.5, 0.6) is 0 Å². The number of benzene rings is 3. The molecule has 0 radical (unpaired) electrons. The summed E-state index contributed by atoms with van der Waals surface area (Å²) in [4.78, 5) is 16.7. The van der Waals surface area contributed by atoms with Crippen LogP contribution in [-0.2, 0) is 4.79 Å². The topological polar surface area (TPSA) is 67.2 Å². The van der Waals surface area contributed by atoms with Crippen LogP contribution in [0.15, 0.2) is 77.2 Å². The Morgan fingerprint density at radius 1 is 1.10 bits per heavy atom. The molecule has 2 N–H and O–H groups in total. The Kier molecular flexibility index (Phi) is 6.11. The standard InChI is InChI=1S/C24H18ClN3O2S/c1-15-18(23-26-20-14-17(25)11-12-21(20)30-23)8-5-9-19(15)27-24(31)28-22(29)13-10-16-6-3-2-4-7-16/h2-14H,1H3,(H2,27,28,29,31)/b13-10+. The molecule has 4 rings (SSSR count). The summed E-state index contributed by atoms with van der Waals surface area (Å²) in [5, 5.41) is 6.52. The highest BCUT2D eigenvalue weighted by Gasteiger charge is 2.14. The summed E-state index contributed by atoms with van der Waals surface area (Å²) in [5.41, 5.74) is 4.72. The third-order valence-corrected chi connectivity index (χ3v) is 5.06. The lowest BCUT2D eigenvalue weighted by molar-refractivity contribution is -0.115. The number of fused-ring (bicyclic) bond motifs is 1. The number of aromatic nitrogens is 1. The number of amides is 1. The molecule has 0 bridgehead atoms. The number of nitrogens with zero attached hydrogens (tertiary/aromatic N) is 1. The Morgan fingerprint density at radius 3 is 2.71 bits per heavy atom. The quantitative estimate of drug-likeness (QED) is 0.297. The van der Waals surface area contributed by atoms with Crippen LogP contribution >= 0.6 is 23.8 Å². The monoisotopic (exact) mass is 447 g/mol. The van der Waals surface area contributed by atoms with Gasteiger partial charge in [0, 0.05) is 22.3 Å². The Labute approximate surface area is 189 Å². The second-order valence-electron chi connectivity index (χ2n) is 6.80. The normalized spacial score (nSPS) is 11.0. The fourth-order valence-corrected chi connectivity index (χ4v) is 3.44. The van der Waals surface area contributed by atoms with E-state index < -0.39 is 0 Å². The molecule has 1 heterocycles. The van der Waals surface area contributed by atoms with Crippen molar-refractivity contribution in [2.45, 2.75) is 6.92 Å². The highest BCUT2D eigenvalue weighted by Crippen LogP contribution is 2.31. The third-order valence-electron chi connectivity index (χ3n) is 4.63. The van der Waals surface area contributed by atoms with Crippen molar-refractivity contribution in [1.82, 2.24) is 10.3 Å². The SMILES string of the molecule is Cc1c(NC(=S)NC(=O)/C=C/c2ccccc2)cccc1-c1nc2cc(Cl)ccc2o1. The van der Waals surface area contributed by atoms with Gasteiger partial charge in [-0.05, 0) is 66.7 Å². The number of anilines is 1. The summed E-state index contributed by atoms with van der Waals surface area (Å²) in [6.45, 7) is 1.93. The minimum absolute atomic E-state index is 0.201. The molecule has 0 saturated heterocycles. The molecular formula is C24H18ClN3O2S. The lowest BCUT2D eigenvalue weighted by Crippen LogP contribution is -2.33. The van der Waals surface area contributed by atoms with E-state index in [0.29, 0.717) is 22.0 Å². The molecule has 3 aromatic carbocycles. The first-order chi connectivity index (χ1) is 15.0. The number of hydrogen-bond donors (Lipinski definition) is 2. The van der Waals surface area contributed by atoms with Crippen LogP contribution in [0.4, 0.5) is 5.69 Å². The van der Waals surface area contributed by atoms with Gasteiger partial charge in [-0.15, -0.1) is 0 Å². The average Bonchev–Trinajstić information content (AvgIpc) is 3.17. The third kappa shape index (κ3) is 4.99. The van der Waals surface area contributed by atoms with E-state index in [1.54, 1.807) is 24.3 Å². The van der Waals surface area contributed by atoms with Crippen molar-refractivity contribution in [1.29, 1.82) is 0 Å². The second-order valence-corrected chi connectivity index (χ2v) is 7.64. The maximum absolute atomic E-state index is 12.2. The number of halogens is 1. The number of carbonyl (C=O) groups is 1. The molecule has 5 nitrogen and oxygen atoms in total. The Bertz CT molecular complexity index is 1300. The molecule has 0 spiro atoms. The number of thiocarbonyl (C=S) groups is 1. The van der Waals surface area contributed by atoms with Gasteiger partial charge in [-0.3, -0.25) is 10.1 Å².